The molecule has 146 valence electrons. The van der Waals surface area contributed by atoms with Crippen molar-refractivity contribution < 1.29 is 4.39 Å². The van der Waals surface area contributed by atoms with Gasteiger partial charge in [-0.2, -0.15) is 0 Å². The molecule has 1 aliphatic rings. The van der Waals surface area contributed by atoms with Crippen LogP contribution < -0.4 is 0 Å². The lowest BCUT2D eigenvalue weighted by atomic mass is 10.1. The van der Waals surface area contributed by atoms with Gasteiger partial charge in [-0.25, -0.2) is 19.3 Å². The van der Waals surface area contributed by atoms with Gasteiger partial charge in [0, 0.05) is 37.1 Å². The first-order valence-electron chi connectivity index (χ1n) is 9.58. The van der Waals surface area contributed by atoms with Crippen LogP contribution in [0, 0.1) is 5.82 Å². The molecule has 0 fully saturated rings. The molecule has 0 N–H and O–H groups in total. The summed E-state index contributed by atoms with van der Waals surface area (Å²) in [7, 11) is 0. The Morgan fingerprint density at radius 3 is 2.66 bits per heavy atom. The first-order chi connectivity index (χ1) is 14.2. The van der Waals surface area contributed by atoms with Crippen molar-refractivity contribution in [3.05, 3.63) is 72.7 Å². The number of nitrogens with zero attached hydrogens (tertiary/aromatic N) is 5. The van der Waals surface area contributed by atoms with E-state index < -0.39 is 0 Å². The van der Waals surface area contributed by atoms with Gasteiger partial charge in [-0.3, -0.25) is 0 Å². The maximum Gasteiger partial charge on any atom is 0.187 e. The van der Waals surface area contributed by atoms with Crippen molar-refractivity contribution in [3.8, 4) is 22.6 Å². The second-order valence-corrected chi connectivity index (χ2v) is 7.88. The second kappa shape index (κ2) is 7.48. The minimum Gasteiger partial charge on any atom is -0.352 e. The van der Waals surface area contributed by atoms with E-state index in [0.29, 0.717) is 6.04 Å². The summed E-state index contributed by atoms with van der Waals surface area (Å²) in [6, 6.07) is 12.8. The maximum absolute atomic E-state index is 13.5. The van der Waals surface area contributed by atoms with E-state index in [4.69, 9.17) is 9.97 Å². The van der Waals surface area contributed by atoms with E-state index in [2.05, 4.69) is 26.5 Å². The quantitative estimate of drug-likeness (QED) is 0.352. The summed E-state index contributed by atoms with van der Waals surface area (Å²) in [5, 5.41) is 0.725. The van der Waals surface area contributed by atoms with Gasteiger partial charge in [0.2, 0.25) is 0 Å². The Morgan fingerprint density at radius 2 is 1.90 bits per heavy atom. The predicted molar refractivity (Wildman–Crippen MR) is 112 cm³/mol. The number of aryl methyl sites for hydroxylation is 1. The van der Waals surface area contributed by atoms with Crippen molar-refractivity contribution in [2.24, 2.45) is 0 Å². The number of thioether (sulfide) groups is 1. The van der Waals surface area contributed by atoms with Crippen LogP contribution in [0.25, 0.3) is 22.6 Å². The van der Waals surface area contributed by atoms with Crippen LogP contribution in [0.4, 0.5) is 4.39 Å². The molecule has 7 heteroatoms. The minimum atomic E-state index is -0.251. The van der Waals surface area contributed by atoms with Crippen LogP contribution in [0.5, 0.6) is 0 Å². The van der Waals surface area contributed by atoms with E-state index in [1.165, 1.54) is 23.9 Å². The number of fused-ring (bicyclic) bond motifs is 1. The summed E-state index contributed by atoms with van der Waals surface area (Å²) >= 11 is 1.52. The Labute approximate surface area is 172 Å². The van der Waals surface area contributed by atoms with E-state index >= 15 is 0 Å². The maximum atomic E-state index is 13.5. The molecule has 4 heterocycles. The molecule has 0 unspecified atom stereocenters. The van der Waals surface area contributed by atoms with Crippen molar-refractivity contribution in [2.45, 2.75) is 30.6 Å². The van der Waals surface area contributed by atoms with Gasteiger partial charge in [0.15, 0.2) is 5.16 Å². The van der Waals surface area contributed by atoms with E-state index in [1.807, 2.05) is 24.5 Å². The molecule has 0 radical (unpaired) electrons. The Morgan fingerprint density at radius 1 is 1.10 bits per heavy atom. The minimum absolute atomic E-state index is 0.251. The van der Waals surface area contributed by atoms with E-state index in [0.717, 1.165) is 53.0 Å². The van der Waals surface area contributed by atoms with Gasteiger partial charge < -0.3 is 9.13 Å². The fourth-order valence-electron chi connectivity index (χ4n) is 4.01. The van der Waals surface area contributed by atoms with Crippen LogP contribution in [-0.4, -0.2) is 30.3 Å². The Kier molecular flexibility index (Phi) is 4.67. The molecular formula is C22H20FN5S. The van der Waals surface area contributed by atoms with Gasteiger partial charge >= 0.3 is 0 Å². The van der Waals surface area contributed by atoms with Gasteiger partial charge in [0.05, 0.1) is 23.1 Å². The zero-order valence-corrected chi connectivity index (χ0v) is 16.8. The molecule has 0 saturated carbocycles. The predicted octanol–water partition coefficient (Wildman–Crippen LogP) is 4.86. The van der Waals surface area contributed by atoms with Crippen molar-refractivity contribution in [1.29, 1.82) is 0 Å². The SMILES string of the molecule is CSc1nccc(-c2c(-c3ccc(F)cc3)nc3n2[C@H](Cn2cccc2)CC3)n1. The molecule has 0 bridgehead atoms. The van der Waals surface area contributed by atoms with Crippen LogP contribution >= 0.6 is 11.8 Å². The molecule has 5 rings (SSSR count). The average molecular weight is 406 g/mol. The van der Waals surface area contributed by atoms with Crippen molar-refractivity contribution in [2.75, 3.05) is 6.26 Å². The third-order valence-corrected chi connectivity index (χ3v) is 5.88. The van der Waals surface area contributed by atoms with E-state index in [9.17, 15) is 4.39 Å². The number of halogens is 1. The van der Waals surface area contributed by atoms with Crippen LogP contribution in [0.3, 0.4) is 0 Å². The summed E-state index contributed by atoms with van der Waals surface area (Å²) in [5.41, 5.74) is 3.58. The largest absolute Gasteiger partial charge is 0.352 e. The van der Waals surface area contributed by atoms with Gasteiger partial charge in [-0.05, 0) is 55.1 Å². The molecule has 4 aromatic rings. The summed E-state index contributed by atoms with van der Waals surface area (Å²) in [6.07, 6.45) is 9.89. The fourth-order valence-corrected chi connectivity index (χ4v) is 4.36. The summed E-state index contributed by atoms with van der Waals surface area (Å²) in [5.74, 6) is 0.806. The number of benzene rings is 1. The molecular weight excluding hydrogens is 385 g/mol. The van der Waals surface area contributed by atoms with E-state index in [1.54, 1.807) is 18.3 Å². The first kappa shape index (κ1) is 18.1. The number of rotatable bonds is 5. The molecule has 0 spiro atoms. The van der Waals surface area contributed by atoms with Crippen molar-refractivity contribution >= 4 is 11.8 Å². The lowest BCUT2D eigenvalue weighted by Gasteiger charge is -2.18. The standard InChI is InChI=1S/C22H20FN5S/c1-29-22-24-11-10-18(25-22)21-20(15-4-6-16(23)7-5-15)26-19-9-8-17(28(19)21)14-27-12-2-3-13-27/h2-7,10-13,17H,8-9,14H2,1H3/t17-/m0/s1. The Bertz CT molecular complexity index is 1130. The van der Waals surface area contributed by atoms with Gasteiger partial charge in [-0.1, -0.05) is 11.8 Å². The third-order valence-electron chi connectivity index (χ3n) is 5.31. The molecule has 0 saturated heterocycles. The lowest BCUT2D eigenvalue weighted by Crippen LogP contribution is -2.13. The summed E-state index contributed by atoms with van der Waals surface area (Å²) in [6.45, 7) is 0.882. The van der Waals surface area contributed by atoms with E-state index in [-0.39, 0.29) is 5.82 Å². The van der Waals surface area contributed by atoms with Crippen LogP contribution in [0.2, 0.25) is 0 Å². The lowest BCUT2D eigenvalue weighted by molar-refractivity contribution is 0.452. The Hall–Kier alpha value is -2.93. The van der Waals surface area contributed by atoms with Gasteiger partial charge in [0.25, 0.3) is 0 Å². The second-order valence-electron chi connectivity index (χ2n) is 7.10. The van der Waals surface area contributed by atoms with Crippen molar-refractivity contribution in [1.82, 2.24) is 24.1 Å². The molecule has 1 aromatic carbocycles. The average Bonchev–Trinajstić information content (AvgIpc) is 3.47. The molecule has 1 atom stereocenters. The number of hydrogen-bond acceptors (Lipinski definition) is 4. The Balaban J connectivity index is 1.67. The van der Waals surface area contributed by atoms with Crippen molar-refractivity contribution in [3.63, 3.8) is 0 Å². The normalized spacial score (nSPS) is 15.6. The third kappa shape index (κ3) is 3.35. The highest BCUT2D eigenvalue weighted by molar-refractivity contribution is 7.98. The molecule has 29 heavy (non-hydrogen) atoms. The van der Waals surface area contributed by atoms with Crippen LogP contribution in [-0.2, 0) is 13.0 Å². The number of hydrogen-bond donors (Lipinski definition) is 0. The zero-order chi connectivity index (χ0) is 19.8. The highest BCUT2D eigenvalue weighted by Crippen LogP contribution is 2.39. The first-order valence-corrected chi connectivity index (χ1v) is 10.8. The van der Waals surface area contributed by atoms with Gasteiger partial charge in [0.1, 0.15) is 11.6 Å². The molecule has 1 aliphatic heterocycles. The topological polar surface area (TPSA) is 48.5 Å². The fraction of sp³-hybridized carbons (Fsp3) is 0.227. The number of aromatic nitrogens is 5. The van der Waals surface area contributed by atoms with Crippen LogP contribution in [0.1, 0.15) is 18.3 Å². The highest BCUT2D eigenvalue weighted by atomic mass is 32.2. The zero-order valence-electron chi connectivity index (χ0n) is 16.0. The smallest absolute Gasteiger partial charge is 0.187 e. The van der Waals surface area contributed by atoms with Gasteiger partial charge in [-0.15, -0.1) is 0 Å². The number of imidazole rings is 1. The molecule has 0 aliphatic carbocycles. The summed E-state index contributed by atoms with van der Waals surface area (Å²) in [4.78, 5) is 14.0. The highest BCUT2D eigenvalue weighted by Gasteiger charge is 2.31. The molecule has 0 amide bonds. The molecule has 3 aromatic heterocycles. The monoisotopic (exact) mass is 405 g/mol. The van der Waals surface area contributed by atoms with Crippen LogP contribution in [0.15, 0.2) is 66.2 Å². The summed E-state index contributed by atoms with van der Waals surface area (Å²) < 4.78 is 18.0. The molecule has 5 nitrogen and oxygen atoms in total.